The Hall–Kier alpha value is -1.93. The number of alkyl halides is 1. The highest BCUT2D eigenvalue weighted by Crippen LogP contribution is 2.31. The minimum absolute atomic E-state index is 0.193. The highest BCUT2D eigenvalue weighted by molar-refractivity contribution is 5.81. The van der Waals surface area contributed by atoms with Crippen LogP contribution in [0.4, 0.5) is 4.39 Å². The van der Waals surface area contributed by atoms with Gasteiger partial charge in [-0.25, -0.2) is 0 Å². The molecule has 0 atom stereocenters. The van der Waals surface area contributed by atoms with Crippen molar-refractivity contribution in [3.63, 3.8) is 0 Å². The van der Waals surface area contributed by atoms with Gasteiger partial charge >= 0.3 is 0 Å². The number of halogens is 1. The van der Waals surface area contributed by atoms with Gasteiger partial charge in [0, 0.05) is 19.6 Å². The van der Waals surface area contributed by atoms with Crippen molar-refractivity contribution < 1.29 is 4.39 Å². The number of hydrogen-bond acceptors (Lipinski definition) is 1. The Morgan fingerprint density at radius 2 is 1.81 bits per heavy atom. The molecule has 0 aromatic heterocycles. The summed E-state index contributed by atoms with van der Waals surface area (Å²) >= 11 is 0. The van der Waals surface area contributed by atoms with Gasteiger partial charge in [-0.1, -0.05) is 54.6 Å². The van der Waals surface area contributed by atoms with Crippen molar-refractivity contribution in [3.05, 3.63) is 76.9 Å². The number of nitrogens with zero attached hydrogens (tertiary/aromatic N) is 1. The van der Waals surface area contributed by atoms with Gasteiger partial charge in [0.2, 0.25) is 0 Å². The molecule has 2 aromatic rings. The van der Waals surface area contributed by atoms with E-state index in [4.69, 9.17) is 0 Å². The molecule has 1 fully saturated rings. The molecule has 0 amide bonds. The van der Waals surface area contributed by atoms with Gasteiger partial charge in [-0.15, -0.1) is 0 Å². The molecule has 2 aromatic carbocycles. The second kappa shape index (κ2) is 8.18. The lowest BCUT2D eigenvalue weighted by Gasteiger charge is -2.39. The summed E-state index contributed by atoms with van der Waals surface area (Å²) in [6, 6.07) is 18.0. The van der Waals surface area contributed by atoms with Crippen LogP contribution >= 0.6 is 0 Å². The molecule has 1 saturated heterocycles. The number of fused-ring (bicyclic) bond motifs is 1. The van der Waals surface area contributed by atoms with Crippen LogP contribution in [0.15, 0.2) is 54.6 Å². The number of rotatable bonds is 6. The smallest absolute Gasteiger partial charge is 0.0906 e. The van der Waals surface area contributed by atoms with Crippen molar-refractivity contribution in [1.29, 1.82) is 0 Å². The number of aryl methyl sites for hydroxylation is 1. The highest BCUT2D eigenvalue weighted by Gasteiger charge is 2.26. The third-order valence-corrected chi connectivity index (χ3v) is 5.74. The molecule has 136 valence electrons. The van der Waals surface area contributed by atoms with Crippen LogP contribution in [0.5, 0.6) is 0 Å². The van der Waals surface area contributed by atoms with Gasteiger partial charge in [-0.3, -0.25) is 4.39 Å². The van der Waals surface area contributed by atoms with Gasteiger partial charge in [-0.05, 0) is 65.8 Å². The van der Waals surface area contributed by atoms with Crippen molar-refractivity contribution in [1.82, 2.24) is 4.90 Å². The predicted molar refractivity (Wildman–Crippen MR) is 107 cm³/mol. The third kappa shape index (κ3) is 3.91. The molecule has 0 bridgehead atoms. The van der Waals surface area contributed by atoms with E-state index >= 15 is 0 Å². The SMILES string of the molecule is FCCCN1CC(Cc2ccc(C3=CCCCc4ccccc43)cc2)C1. The van der Waals surface area contributed by atoms with Crippen LogP contribution in [0.3, 0.4) is 0 Å². The Bertz CT molecular complexity index is 756. The van der Waals surface area contributed by atoms with E-state index in [-0.39, 0.29) is 6.67 Å². The van der Waals surface area contributed by atoms with Crippen molar-refractivity contribution in [2.24, 2.45) is 5.92 Å². The molecule has 1 heterocycles. The van der Waals surface area contributed by atoms with E-state index in [0.29, 0.717) is 6.42 Å². The van der Waals surface area contributed by atoms with E-state index in [2.05, 4.69) is 59.5 Å². The summed E-state index contributed by atoms with van der Waals surface area (Å²) in [6.45, 7) is 2.97. The van der Waals surface area contributed by atoms with E-state index in [0.717, 1.165) is 38.4 Å². The summed E-state index contributed by atoms with van der Waals surface area (Å²) in [5.74, 6) is 0.735. The maximum Gasteiger partial charge on any atom is 0.0906 e. The first-order valence-corrected chi connectivity index (χ1v) is 9.99. The first-order chi connectivity index (χ1) is 12.8. The zero-order valence-electron chi connectivity index (χ0n) is 15.5. The lowest BCUT2D eigenvalue weighted by atomic mass is 9.90. The number of hydrogen-bond donors (Lipinski definition) is 0. The summed E-state index contributed by atoms with van der Waals surface area (Å²) in [7, 11) is 0. The fourth-order valence-corrected chi connectivity index (χ4v) is 4.35. The summed E-state index contributed by atoms with van der Waals surface area (Å²) in [4.78, 5) is 2.37. The maximum atomic E-state index is 12.2. The third-order valence-electron chi connectivity index (χ3n) is 5.74. The largest absolute Gasteiger partial charge is 0.303 e. The molecule has 1 nitrogen and oxygen atoms in total. The average molecular weight is 349 g/mol. The zero-order valence-corrected chi connectivity index (χ0v) is 15.5. The van der Waals surface area contributed by atoms with E-state index in [1.807, 2.05) is 0 Å². The second-order valence-electron chi connectivity index (χ2n) is 7.74. The quantitative estimate of drug-likeness (QED) is 0.685. The Kier molecular flexibility index (Phi) is 5.50. The summed E-state index contributed by atoms with van der Waals surface area (Å²) in [5, 5.41) is 0. The molecule has 1 aliphatic carbocycles. The van der Waals surface area contributed by atoms with Crippen molar-refractivity contribution in [2.75, 3.05) is 26.3 Å². The highest BCUT2D eigenvalue weighted by atomic mass is 19.1. The number of likely N-dealkylation sites (tertiary alicyclic amines) is 1. The fourth-order valence-electron chi connectivity index (χ4n) is 4.35. The lowest BCUT2D eigenvalue weighted by molar-refractivity contribution is 0.0968. The van der Waals surface area contributed by atoms with Crippen molar-refractivity contribution >= 4 is 5.57 Å². The van der Waals surface area contributed by atoms with Gasteiger partial charge in [0.15, 0.2) is 0 Å². The molecule has 0 spiro atoms. The minimum Gasteiger partial charge on any atom is -0.303 e. The summed E-state index contributed by atoms with van der Waals surface area (Å²) < 4.78 is 12.2. The maximum absolute atomic E-state index is 12.2. The molecule has 0 N–H and O–H groups in total. The summed E-state index contributed by atoms with van der Waals surface area (Å²) in [6.07, 6.45) is 7.80. The zero-order chi connectivity index (χ0) is 17.8. The normalized spacial score (nSPS) is 18.0. The monoisotopic (exact) mass is 349 g/mol. The van der Waals surface area contributed by atoms with E-state index in [9.17, 15) is 4.39 Å². The number of benzene rings is 2. The van der Waals surface area contributed by atoms with Crippen LogP contribution in [0.25, 0.3) is 5.57 Å². The first kappa shape index (κ1) is 17.5. The first-order valence-electron chi connectivity index (χ1n) is 9.99. The molecule has 0 radical (unpaired) electrons. The van der Waals surface area contributed by atoms with Crippen LogP contribution in [0.1, 0.15) is 41.5 Å². The molecular formula is C24H28FN. The molecular weight excluding hydrogens is 321 g/mol. The van der Waals surface area contributed by atoms with Crippen LogP contribution in [-0.4, -0.2) is 31.2 Å². The number of allylic oxidation sites excluding steroid dienone is 1. The van der Waals surface area contributed by atoms with E-state index in [1.54, 1.807) is 0 Å². The van der Waals surface area contributed by atoms with Crippen LogP contribution in [0.2, 0.25) is 0 Å². The van der Waals surface area contributed by atoms with E-state index in [1.165, 1.54) is 40.7 Å². The van der Waals surface area contributed by atoms with Gasteiger partial charge in [0.1, 0.15) is 0 Å². The van der Waals surface area contributed by atoms with Gasteiger partial charge in [0.25, 0.3) is 0 Å². The lowest BCUT2D eigenvalue weighted by Crippen LogP contribution is -2.47. The van der Waals surface area contributed by atoms with Crippen LogP contribution < -0.4 is 0 Å². The Morgan fingerprint density at radius 3 is 2.62 bits per heavy atom. The molecule has 26 heavy (non-hydrogen) atoms. The van der Waals surface area contributed by atoms with Crippen molar-refractivity contribution in [2.45, 2.75) is 32.1 Å². The Morgan fingerprint density at radius 1 is 1.00 bits per heavy atom. The minimum atomic E-state index is -0.193. The fraction of sp³-hybridized carbons (Fsp3) is 0.417. The average Bonchev–Trinajstić information content (AvgIpc) is 2.86. The van der Waals surface area contributed by atoms with Gasteiger partial charge < -0.3 is 4.90 Å². The molecule has 1 aliphatic heterocycles. The Labute approximate surface area is 156 Å². The second-order valence-corrected chi connectivity index (χ2v) is 7.74. The van der Waals surface area contributed by atoms with Crippen LogP contribution in [-0.2, 0) is 12.8 Å². The van der Waals surface area contributed by atoms with Crippen molar-refractivity contribution in [3.8, 4) is 0 Å². The molecule has 4 rings (SSSR count). The van der Waals surface area contributed by atoms with Gasteiger partial charge in [0.05, 0.1) is 6.67 Å². The standard InChI is InChI=1S/C24H28FN/c25-14-5-15-26-17-20(18-26)16-19-10-12-22(13-11-19)24-9-4-2-7-21-6-1-3-8-23(21)24/h1,3,6,8-13,20H,2,4-5,7,14-18H2. The molecule has 2 heteroatoms. The predicted octanol–water partition coefficient (Wildman–Crippen LogP) is 5.29. The van der Waals surface area contributed by atoms with Crippen LogP contribution in [0, 0.1) is 5.92 Å². The molecule has 0 saturated carbocycles. The molecule has 2 aliphatic rings. The Balaban J connectivity index is 1.42. The van der Waals surface area contributed by atoms with Gasteiger partial charge in [-0.2, -0.15) is 0 Å². The van der Waals surface area contributed by atoms with E-state index < -0.39 is 0 Å². The summed E-state index contributed by atoms with van der Waals surface area (Å²) in [5.41, 5.74) is 7.03. The molecule has 0 unspecified atom stereocenters. The topological polar surface area (TPSA) is 3.24 Å².